The number of unbranched alkanes of at least 4 members (excludes halogenated alkanes) is 2. The number of amides is 1. The van der Waals surface area contributed by atoms with Crippen LogP contribution in [-0.2, 0) is 11.2 Å². The summed E-state index contributed by atoms with van der Waals surface area (Å²) < 4.78 is 0. The summed E-state index contributed by atoms with van der Waals surface area (Å²) >= 11 is 0. The van der Waals surface area contributed by atoms with Gasteiger partial charge < -0.3 is 21.5 Å². The second-order valence-electron chi connectivity index (χ2n) is 11.0. The fraction of sp³-hybridized carbons (Fsp3) is 0.485. The SMILES string of the molecule is C=C(N)CCCCCNc1c2c(=C)c(cc1=C)NC(=O)/C(C)=C/C=C\CC/C(O)=C/C(C)CCCC(C)C2. The molecule has 5 N–H and O–H groups in total. The van der Waals surface area contributed by atoms with Crippen molar-refractivity contribution in [1.29, 1.82) is 0 Å². The standard InChI is InChI=1S/C33H49N3O2/c1-23-14-13-15-24(2)21-30-28(6)31(22-26(4)32(30)35-19-12-8-10-17-27(5)34)36-33(38)25(3)16-9-7-11-18-29(37)20-23/h7,9,16,20,22-24,35,37H,4-6,8,10-15,17-19,21,34H2,1-3H3,(H,36,38)/b9-7-,25-16+,29-20-. The summed E-state index contributed by atoms with van der Waals surface area (Å²) in [6.45, 7) is 19.6. The van der Waals surface area contributed by atoms with E-state index in [1.165, 1.54) is 0 Å². The van der Waals surface area contributed by atoms with Crippen LogP contribution in [0.5, 0.6) is 0 Å². The van der Waals surface area contributed by atoms with Gasteiger partial charge in [-0.25, -0.2) is 0 Å². The average Bonchev–Trinajstić information content (AvgIpc) is 2.84. The number of rotatable bonds is 7. The fourth-order valence-electron chi connectivity index (χ4n) is 4.84. The average molecular weight is 520 g/mol. The predicted octanol–water partition coefficient (Wildman–Crippen LogP) is 6.61. The quantitative estimate of drug-likeness (QED) is 0.305. The molecule has 1 aliphatic rings. The smallest absolute Gasteiger partial charge is 0.251 e. The molecule has 0 spiro atoms. The van der Waals surface area contributed by atoms with Crippen molar-refractivity contribution >= 4 is 30.4 Å². The minimum Gasteiger partial charge on any atom is -0.513 e. The van der Waals surface area contributed by atoms with Gasteiger partial charge in [0, 0.05) is 35.6 Å². The first-order valence-electron chi connectivity index (χ1n) is 14.1. The first-order chi connectivity index (χ1) is 18.1. The van der Waals surface area contributed by atoms with E-state index >= 15 is 0 Å². The van der Waals surface area contributed by atoms with Gasteiger partial charge in [0.25, 0.3) is 5.91 Å². The number of nitrogens with one attached hydrogen (secondary N) is 2. The number of hydrogen-bond acceptors (Lipinski definition) is 4. The number of anilines is 2. The zero-order chi connectivity index (χ0) is 28.1. The Hall–Kier alpha value is -3.21. The zero-order valence-corrected chi connectivity index (χ0v) is 23.9. The summed E-state index contributed by atoms with van der Waals surface area (Å²) in [6, 6.07) is 1.93. The van der Waals surface area contributed by atoms with Crippen molar-refractivity contribution in [2.45, 2.75) is 85.0 Å². The fourth-order valence-corrected chi connectivity index (χ4v) is 4.84. The van der Waals surface area contributed by atoms with Crippen molar-refractivity contribution in [3.63, 3.8) is 0 Å². The van der Waals surface area contributed by atoms with Gasteiger partial charge in [0.15, 0.2) is 0 Å². The van der Waals surface area contributed by atoms with Gasteiger partial charge in [0.05, 0.1) is 5.76 Å². The molecule has 5 nitrogen and oxygen atoms in total. The molecule has 1 heterocycles. The number of aliphatic hydroxyl groups excluding tert-OH is 1. The highest BCUT2D eigenvalue weighted by Gasteiger charge is 2.15. The lowest BCUT2D eigenvalue weighted by atomic mass is 9.91. The Morgan fingerprint density at radius 1 is 1.21 bits per heavy atom. The van der Waals surface area contributed by atoms with Crippen LogP contribution in [0.1, 0.15) is 84.1 Å². The number of aliphatic hydroxyl groups is 1. The lowest BCUT2D eigenvalue weighted by molar-refractivity contribution is -0.112. The molecule has 2 bridgehead atoms. The Morgan fingerprint density at radius 2 is 1.97 bits per heavy atom. The third-order valence-electron chi connectivity index (χ3n) is 7.15. The number of nitrogens with two attached hydrogens (primary N) is 1. The van der Waals surface area contributed by atoms with Crippen LogP contribution in [0.25, 0.3) is 13.2 Å². The second-order valence-corrected chi connectivity index (χ2v) is 11.0. The molecule has 0 radical (unpaired) electrons. The highest BCUT2D eigenvalue weighted by Crippen LogP contribution is 2.21. The number of carbonyl (C=O) groups excluding carboxylic acids is 1. The summed E-state index contributed by atoms with van der Waals surface area (Å²) in [5, 5.41) is 18.7. The van der Waals surface area contributed by atoms with E-state index in [1.54, 1.807) is 13.0 Å². The highest BCUT2D eigenvalue weighted by molar-refractivity contribution is 6.03. The van der Waals surface area contributed by atoms with Crippen LogP contribution in [-0.4, -0.2) is 17.6 Å². The van der Waals surface area contributed by atoms with Crippen molar-refractivity contribution in [1.82, 2.24) is 0 Å². The molecule has 2 unspecified atom stereocenters. The van der Waals surface area contributed by atoms with Gasteiger partial charge >= 0.3 is 0 Å². The Balaban J connectivity index is 2.32. The third kappa shape index (κ3) is 10.6. The monoisotopic (exact) mass is 519 g/mol. The normalized spacial score (nSPS) is 23.4. The highest BCUT2D eigenvalue weighted by atomic mass is 16.3. The topological polar surface area (TPSA) is 87.4 Å². The summed E-state index contributed by atoms with van der Waals surface area (Å²) in [5.74, 6) is 1.06. The van der Waals surface area contributed by atoms with E-state index in [2.05, 4.69) is 44.2 Å². The van der Waals surface area contributed by atoms with Crippen LogP contribution in [0.2, 0.25) is 0 Å². The number of allylic oxidation sites excluding steroid dienone is 6. The van der Waals surface area contributed by atoms with Gasteiger partial charge in [-0.3, -0.25) is 4.79 Å². The van der Waals surface area contributed by atoms with Crippen LogP contribution in [0.4, 0.5) is 11.4 Å². The van der Waals surface area contributed by atoms with E-state index < -0.39 is 0 Å². The first-order valence-corrected chi connectivity index (χ1v) is 14.1. The lowest BCUT2D eigenvalue weighted by Crippen LogP contribution is -2.28. The van der Waals surface area contributed by atoms with Gasteiger partial charge in [-0.2, -0.15) is 0 Å². The van der Waals surface area contributed by atoms with Crippen molar-refractivity contribution < 1.29 is 9.90 Å². The van der Waals surface area contributed by atoms with Gasteiger partial charge in [0.2, 0.25) is 0 Å². The molecule has 1 aromatic rings. The maximum absolute atomic E-state index is 12.9. The Morgan fingerprint density at radius 3 is 2.71 bits per heavy atom. The van der Waals surface area contributed by atoms with E-state index in [0.29, 0.717) is 35.3 Å². The van der Waals surface area contributed by atoms with Gasteiger partial charge in [-0.05, 0) is 85.4 Å². The van der Waals surface area contributed by atoms with E-state index in [4.69, 9.17) is 5.73 Å². The van der Waals surface area contributed by atoms with E-state index in [9.17, 15) is 9.90 Å². The van der Waals surface area contributed by atoms with E-state index in [1.807, 2.05) is 24.3 Å². The molecule has 0 aromatic heterocycles. The minimum atomic E-state index is -0.158. The van der Waals surface area contributed by atoms with Crippen LogP contribution < -0.4 is 26.8 Å². The molecular weight excluding hydrogens is 470 g/mol. The molecule has 0 saturated carbocycles. The number of fused-ring (bicyclic) bond motifs is 2. The summed E-state index contributed by atoms with van der Waals surface area (Å²) in [6.07, 6.45) is 17.1. The molecule has 2 atom stereocenters. The molecule has 1 aliphatic heterocycles. The molecule has 1 aromatic carbocycles. The maximum atomic E-state index is 12.9. The molecule has 1 amide bonds. The van der Waals surface area contributed by atoms with Crippen molar-refractivity contribution in [3.8, 4) is 0 Å². The van der Waals surface area contributed by atoms with Crippen LogP contribution in [0, 0.1) is 11.8 Å². The number of hydrogen-bond donors (Lipinski definition) is 4. The molecule has 208 valence electrons. The maximum Gasteiger partial charge on any atom is 0.251 e. The van der Waals surface area contributed by atoms with Crippen molar-refractivity contribution in [3.05, 3.63) is 70.0 Å². The van der Waals surface area contributed by atoms with Crippen molar-refractivity contribution in [2.75, 3.05) is 17.2 Å². The Labute approximate surface area is 230 Å². The minimum absolute atomic E-state index is 0.158. The molecular formula is C33H49N3O2. The summed E-state index contributed by atoms with van der Waals surface area (Å²) in [5.41, 5.74) is 9.91. The first kappa shape index (κ1) is 31.0. The Kier molecular flexibility index (Phi) is 13.0. The molecule has 0 fully saturated rings. The van der Waals surface area contributed by atoms with E-state index in [-0.39, 0.29) is 5.91 Å². The zero-order valence-electron chi connectivity index (χ0n) is 23.9. The van der Waals surface area contributed by atoms with Crippen LogP contribution in [0.3, 0.4) is 0 Å². The number of benzene rings is 1. The molecule has 38 heavy (non-hydrogen) atoms. The third-order valence-corrected chi connectivity index (χ3v) is 7.15. The molecule has 2 rings (SSSR count). The van der Waals surface area contributed by atoms with E-state index in [0.717, 1.165) is 91.7 Å². The van der Waals surface area contributed by atoms with Gasteiger partial charge in [-0.15, -0.1) is 0 Å². The summed E-state index contributed by atoms with van der Waals surface area (Å²) in [7, 11) is 0. The predicted molar refractivity (Wildman–Crippen MR) is 164 cm³/mol. The summed E-state index contributed by atoms with van der Waals surface area (Å²) in [4.78, 5) is 12.9. The van der Waals surface area contributed by atoms with Gasteiger partial charge in [-0.1, -0.05) is 71.1 Å². The molecule has 0 aliphatic carbocycles. The number of carbonyl (C=O) groups is 1. The largest absolute Gasteiger partial charge is 0.513 e. The van der Waals surface area contributed by atoms with Crippen LogP contribution in [0.15, 0.2) is 54.0 Å². The molecule has 5 heteroatoms. The second kappa shape index (κ2) is 15.9. The van der Waals surface area contributed by atoms with Gasteiger partial charge in [0.1, 0.15) is 0 Å². The van der Waals surface area contributed by atoms with Crippen molar-refractivity contribution in [2.24, 2.45) is 17.6 Å². The Bertz CT molecular complexity index is 1150. The van der Waals surface area contributed by atoms with Crippen LogP contribution >= 0.6 is 0 Å². The lowest BCUT2D eigenvalue weighted by Gasteiger charge is -2.20. The molecule has 0 saturated heterocycles.